The minimum atomic E-state index is 0.765. The number of anilines is 1. The molecule has 1 N–H and O–H groups in total. The van der Waals surface area contributed by atoms with Crippen LogP contribution in [0.5, 0.6) is 0 Å². The van der Waals surface area contributed by atoms with Crippen LogP contribution in [0.1, 0.15) is 37.0 Å². The smallest absolute Gasteiger partial charge is 0.0562 e. The SMILES string of the molecule is CCN(CC)CCCNc1ccc(C(=C(Cl)c2ccccc2)c2ccccc2)cc1. The van der Waals surface area contributed by atoms with Crippen molar-refractivity contribution in [3.8, 4) is 0 Å². The highest BCUT2D eigenvalue weighted by molar-refractivity contribution is 6.53. The van der Waals surface area contributed by atoms with Gasteiger partial charge < -0.3 is 10.2 Å². The summed E-state index contributed by atoms with van der Waals surface area (Å²) in [5.74, 6) is 0. The first-order valence-corrected chi connectivity index (χ1v) is 11.2. The van der Waals surface area contributed by atoms with Crippen LogP contribution >= 0.6 is 11.6 Å². The summed E-state index contributed by atoms with van der Waals surface area (Å²) >= 11 is 6.90. The Morgan fingerprint density at radius 3 is 1.83 bits per heavy atom. The molecule has 3 aromatic carbocycles. The van der Waals surface area contributed by atoms with Crippen LogP contribution < -0.4 is 5.32 Å². The van der Waals surface area contributed by atoms with Crippen LogP contribution in [0.4, 0.5) is 5.69 Å². The normalized spacial score (nSPS) is 12.0. The second-order valence-electron chi connectivity index (χ2n) is 7.31. The predicted octanol–water partition coefficient (Wildman–Crippen LogP) is 6.99. The van der Waals surface area contributed by atoms with E-state index >= 15 is 0 Å². The number of hydrogen-bond donors (Lipinski definition) is 1. The van der Waals surface area contributed by atoms with E-state index in [1.807, 2.05) is 24.3 Å². The van der Waals surface area contributed by atoms with Gasteiger partial charge in [-0.05, 0) is 54.9 Å². The second kappa shape index (κ2) is 11.6. The van der Waals surface area contributed by atoms with Crippen molar-refractivity contribution < 1.29 is 0 Å². The monoisotopic (exact) mass is 418 g/mol. The molecule has 3 heteroatoms. The fourth-order valence-electron chi connectivity index (χ4n) is 3.58. The van der Waals surface area contributed by atoms with E-state index in [1.165, 1.54) is 0 Å². The zero-order chi connectivity index (χ0) is 21.2. The van der Waals surface area contributed by atoms with E-state index in [9.17, 15) is 0 Å². The maximum Gasteiger partial charge on any atom is 0.0562 e. The van der Waals surface area contributed by atoms with Gasteiger partial charge in [0.15, 0.2) is 0 Å². The Morgan fingerprint density at radius 2 is 1.27 bits per heavy atom. The molecule has 0 fully saturated rings. The third-order valence-corrected chi connectivity index (χ3v) is 5.76. The van der Waals surface area contributed by atoms with Crippen molar-refractivity contribution in [2.75, 3.05) is 31.5 Å². The standard InChI is InChI=1S/C27H31ClN2/c1-3-30(4-2)21-11-20-29-25-18-16-23(17-19-25)26(22-12-7-5-8-13-22)27(28)24-14-9-6-10-15-24/h5-10,12-19,29H,3-4,11,20-21H2,1-2H3. The molecule has 30 heavy (non-hydrogen) atoms. The van der Waals surface area contributed by atoms with E-state index in [2.05, 4.69) is 84.7 Å². The fraction of sp³-hybridized carbons (Fsp3) is 0.259. The fourth-order valence-corrected chi connectivity index (χ4v) is 3.93. The number of nitrogens with one attached hydrogen (secondary N) is 1. The maximum absolute atomic E-state index is 6.90. The van der Waals surface area contributed by atoms with Crippen molar-refractivity contribution in [3.63, 3.8) is 0 Å². The first-order chi connectivity index (χ1) is 14.7. The summed E-state index contributed by atoms with van der Waals surface area (Å²) in [5, 5.41) is 4.30. The molecule has 0 aliphatic rings. The van der Waals surface area contributed by atoms with Gasteiger partial charge in [0.1, 0.15) is 0 Å². The number of nitrogens with zero attached hydrogens (tertiary/aromatic N) is 1. The van der Waals surface area contributed by atoms with Crippen molar-refractivity contribution in [1.82, 2.24) is 4.90 Å². The molecule has 156 valence electrons. The first-order valence-electron chi connectivity index (χ1n) is 10.8. The molecule has 0 aromatic heterocycles. The van der Waals surface area contributed by atoms with Crippen LogP contribution in [-0.2, 0) is 0 Å². The highest BCUT2D eigenvalue weighted by Crippen LogP contribution is 2.35. The van der Waals surface area contributed by atoms with Gasteiger partial charge in [0.25, 0.3) is 0 Å². The summed E-state index contributed by atoms with van der Waals surface area (Å²) in [6, 6.07) is 29.1. The Hall–Kier alpha value is -2.55. The Bertz CT molecular complexity index is 914. The van der Waals surface area contributed by atoms with Crippen LogP contribution in [-0.4, -0.2) is 31.1 Å². The topological polar surface area (TPSA) is 15.3 Å². The lowest BCUT2D eigenvalue weighted by atomic mass is 9.95. The van der Waals surface area contributed by atoms with Crippen LogP contribution in [0.3, 0.4) is 0 Å². The van der Waals surface area contributed by atoms with Gasteiger partial charge >= 0.3 is 0 Å². The highest BCUT2D eigenvalue weighted by atomic mass is 35.5. The summed E-state index contributed by atoms with van der Waals surface area (Å²) in [6.07, 6.45) is 1.14. The molecule has 0 aliphatic heterocycles. The van der Waals surface area contributed by atoms with E-state index in [0.717, 1.165) is 65.6 Å². The summed E-state index contributed by atoms with van der Waals surface area (Å²) in [6.45, 7) is 8.76. The Balaban J connectivity index is 1.79. The number of halogens is 1. The molecule has 0 amide bonds. The van der Waals surface area contributed by atoms with E-state index in [4.69, 9.17) is 11.6 Å². The molecular weight excluding hydrogens is 388 g/mol. The molecule has 0 bridgehead atoms. The number of hydrogen-bond acceptors (Lipinski definition) is 2. The Labute approximate surface area is 186 Å². The zero-order valence-electron chi connectivity index (χ0n) is 17.9. The van der Waals surface area contributed by atoms with E-state index in [0.29, 0.717) is 0 Å². The number of rotatable bonds is 10. The minimum absolute atomic E-state index is 0.765. The van der Waals surface area contributed by atoms with Crippen LogP contribution in [0, 0.1) is 0 Å². The number of benzene rings is 3. The lowest BCUT2D eigenvalue weighted by Gasteiger charge is -2.18. The average molecular weight is 419 g/mol. The van der Waals surface area contributed by atoms with Gasteiger partial charge in [-0.15, -0.1) is 0 Å². The van der Waals surface area contributed by atoms with Gasteiger partial charge in [-0.1, -0.05) is 98.2 Å². The van der Waals surface area contributed by atoms with Gasteiger partial charge in [0.2, 0.25) is 0 Å². The van der Waals surface area contributed by atoms with Gasteiger partial charge in [0, 0.05) is 17.8 Å². The first kappa shape index (κ1) is 22.1. The molecule has 3 rings (SSSR count). The molecule has 0 saturated carbocycles. The highest BCUT2D eigenvalue weighted by Gasteiger charge is 2.12. The van der Waals surface area contributed by atoms with Crippen molar-refractivity contribution in [3.05, 3.63) is 102 Å². The Morgan fingerprint density at radius 1 is 0.733 bits per heavy atom. The average Bonchev–Trinajstić information content (AvgIpc) is 2.81. The van der Waals surface area contributed by atoms with Gasteiger partial charge in [0.05, 0.1) is 5.03 Å². The van der Waals surface area contributed by atoms with Crippen LogP contribution in [0.2, 0.25) is 0 Å². The lowest BCUT2D eigenvalue weighted by Crippen LogP contribution is -2.25. The maximum atomic E-state index is 6.90. The molecule has 0 atom stereocenters. The second-order valence-corrected chi connectivity index (χ2v) is 7.68. The molecule has 3 aromatic rings. The quantitative estimate of drug-likeness (QED) is 0.282. The molecule has 0 radical (unpaired) electrons. The van der Waals surface area contributed by atoms with Gasteiger partial charge in [-0.25, -0.2) is 0 Å². The summed E-state index contributed by atoms with van der Waals surface area (Å²) in [4.78, 5) is 2.45. The molecular formula is C27H31ClN2. The van der Waals surface area contributed by atoms with Gasteiger partial charge in [-0.3, -0.25) is 0 Å². The predicted molar refractivity (Wildman–Crippen MR) is 132 cm³/mol. The summed E-state index contributed by atoms with van der Waals surface area (Å²) in [7, 11) is 0. The summed E-state index contributed by atoms with van der Waals surface area (Å²) in [5.41, 5.74) is 5.45. The molecule has 0 unspecified atom stereocenters. The van der Waals surface area contributed by atoms with Gasteiger partial charge in [-0.2, -0.15) is 0 Å². The third-order valence-electron chi connectivity index (χ3n) is 5.36. The van der Waals surface area contributed by atoms with Crippen LogP contribution in [0.15, 0.2) is 84.9 Å². The van der Waals surface area contributed by atoms with Crippen molar-refractivity contribution in [2.24, 2.45) is 0 Å². The van der Waals surface area contributed by atoms with E-state index in [1.54, 1.807) is 0 Å². The van der Waals surface area contributed by atoms with E-state index < -0.39 is 0 Å². The molecule has 0 heterocycles. The Kier molecular flexibility index (Phi) is 8.55. The van der Waals surface area contributed by atoms with Crippen molar-refractivity contribution in [1.29, 1.82) is 0 Å². The minimum Gasteiger partial charge on any atom is -0.385 e. The van der Waals surface area contributed by atoms with Crippen molar-refractivity contribution in [2.45, 2.75) is 20.3 Å². The third kappa shape index (κ3) is 5.98. The van der Waals surface area contributed by atoms with E-state index in [-0.39, 0.29) is 0 Å². The summed E-state index contributed by atoms with van der Waals surface area (Å²) < 4.78 is 0. The lowest BCUT2D eigenvalue weighted by molar-refractivity contribution is 0.303. The molecule has 2 nitrogen and oxygen atoms in total. The van der Waals surface area contributed by atoms with Crippen LogP contribution in [0.25, 0.3) is 10.6 Å². The molecule has 0 saturated heterocycles. The molecule has 0 aliphatic carbocycles. The van der Waals surface area contributed by atoms with Crippen molar-refractivity contribution >= 4 is 27.9 Å². The zero-order valence-corrected chi connectivity index (χ0v) is 18.7. The largest absolute Gasteiger partial charge is 0.385 e. The molecule has 0 spiro atoms.